The van der Waals surface area contributed by atoms with Gasteiger partial charge in [-0.05, 0) is 42.5 Å². The largest absolute Gasteiger partial charge is 0.416 e. The van der Waals surface area contributed by atoms with Gasteiger partial charge < -0.3 is 15.2 Å². The highest BCUT2D eigenvalue weighted by molar-refractivity contribution is 6.30. The zero-order chi connectivity index (χ0) is 27.4. The molecule has 0 radical (unpaired) electrons. The van der Waals surface area contributed by atoms with Crippen LogP contribution in [0.4, 0.5) is 23.5 Å². The van der Waals surface area contributed by atoms with Gasteiger partial charge in [0, 0.05) is 24.2 Å². The molecular weight excluding hydrogens is 534 g/mol. The molecule has 0 fully saturated rings. The summed E-state index contributed by atoms with van der Waals surface area (Å²) in [7, 11) is 1.52. The van der Waals surface area contributed by atoms with Crippen molar-refractivity contribution < 1.29 is 27.4 Å². The second kappa shape index (κ2) is 11.3. The number of ether oxygens (including phenoxy) is 1. The van der Waals surface area contributed by atoms with Crippen LogP contribution in [0.5, 0.6) is 0 Å². The maximum Gasteiger partial charge on any atom is 0.416 e. The average Bonchev–Trinajstić information content (AvgIpc) is 3.40. The van der Waals surface area contributed by atoms with Crippen molar-refractivity contribution in [1.82, 2.24) is 29.1 Å². The first-order valence-electron chi connectivity index (χ1n) is 11.2. The van der Waals surface area contributed by atoms with E-state index >= 15 is 0 Å². The van der Waals surface area contributed by atoms with Crippen molar-refractivity contribution >= 4 is 17.5 Å². The quantitative estimate of drug-likeness (QED) is 0.228. The predicted octanol–water partition coefficient (Wildman–Crippen LogP) is 3.11. The highest BCUT2D eigenvalue weighted by atomic mass is 35.5. The lowest BCUT2D eigenvalue weighted by atomic mass is 10.2. The molecule has 2 aromatic heterocycles. The number of aliphatic hydroxyl groups is 1. The van der Waals surface area contributed by atoms with Crippen LogP contribution >= 0.6 is 11.6 Å². The van der Waals surface area contributed by atoms with Gasteiger partial charge in [-0.25, -0.2) is 13.9 Å². The van der Waals surface area contributed by atoms with Gasteiger partial charge >= 0.3 is 11.9 Å². The third kappa shape index (κ3) is 6.20. The Morgan fingerprint density at radius 2 is 1.89 bits per heavy atom. The van der Waals surface area contributed by atoms with Crippen LogP contribution in [0, 0.1) is 5.82 Å². The summed E-state index contributed by atoms with van der Waals surface area (Å²) in [6.07, 6.45) is -7.75. The molecule has 1 atom stereocenters. The van der Waals surface area contributed by atoms with Gasteiger partial charge in [-0.3, -0.25) is 4.57 Å². The molecule has 0 spiro atoms. The third-order valence-corrected chi connectivity index (χ3v) is 5.59. The summed E-state index contributed by atoms with van der Waals surface area (Å²) in [6.45, 7) is -0.721. The summed E-state index contributed by atoms with van der Waals surface area (Å²) >= 11 is 5.91. The smallest absolute Gasteiger partial charge is 0.383 e. The van der Waals surface area contributed by atoms with Gasteiger partial charge in [0.25, 0.3) is 0 Å². The second-order valence-electron chi connectivity index (χ2n) is 8.10. The van der Waals surface area contributed by atoms with E-state index in [-0.39, 0.29) is 24.1 Å². The molecule has 0 aliphatic carbocycles. The van der Waals surface area contributed by atoms with Crippen molar-refractivity contribution in [2.75, 3.05) is 25.6 Å². The van der Waals surface area contributed by atoms with E-state index in [0.29, 0.717) is 29.4 Å². The van der Waals surface area contributed by atoms with Gasteiger partial charge in [0.2, 0.25) is 5.95 Å². The Morgan fingerprint density at radius 3 is 2.55 bits per heavy atom. The first kappa shape index (κ1) is 27.3. The van der Waals surface area contributed by atoms with Crippen molar-refractivity contribution in [3.05, 3.63) is 75.7 Å². The number of hydrogen-bond donors (Lipinski definition) is 2. The lowest BCUT2D eigenvalue weighted by Crippen LogP contribution is -2.37. The molecule has 0 aliphatic rings. The number of anilines is 1. The van der Waals surface area contributed by atoms with Gasteiger partial charge in [0.05, 0.1) is 18.8 Å². The third-order valence-electron chi connectivity index (χ3n) is 5.34. The van der Waals surface area contributed by atoms with Gasteiger partial charge in [0.1, 0.15) is 12.4 Å². The zero-order valence-electron chi connectivity index (χ0n) is 19.9. The van der Waals surface area contributed by atoms with E-state index in [0.717, 1.165) is 9.25 Å². The number of halogens is 5. The molecule has 15 heteroatoms. The van der Waals surface area contributed by atoms with E-state index in [9.17, 15) is 27.5 Å². The number of aromatic nitrogens is 6. The van der Waals surface area contributed by atoms with Crippen molar-refractivity contribution in [3.63, 3.8) is 0 Å². The van der Waals surface area contributed by atoms with Crippen LogP contribution < -0.4 is 11.0 Å². The predicted molar refractivity (Wildman–Crippen MR) is 130 cm³/mol. The molecule has 0 aliphatic heterocycles. The fraction of sp³-hybridized carbons (Fsp3) is 0.304. The number of aliphatic hydroxyl groups excluding tert-OH is 1. The number of alkyl halides is 3. The molecule has 4 aromatic rings. The minimum atomic E-state index is -4.95. The summed E-state index contributed by atoms with van der Waals surface area (Å²) in [5, 5.41) is 21.6. The van der Waals surface area contributed by atoms with Gasteiger partial charge in [0.15, 0.2) is 17.8 Å². The first-order chi connectivity index (χ1) is 18.1. The molecule has 0 bridgehead atoms. The van der Waals surface area contributed by atoms with E-state index in [1.165, 1.54) is 54.3 Å². The monoisotopic (exact) mass is 555 g/mol. The maximum absolute atomic E-state index is 13.9. The van der Waals surface area contributed by atoms with Crippen LogP contribution in [0.1, 0.15) is 5.82 Å². The number of nitrogens with one attached hydrogen (secondary N) is 1. The minimum Gasteiger partial charge on any atom is -0.383 e. The molecule has 2 aromatic carbocycles. The SMILES string of the molecule is COCCNc1nc(Cn2nc(-c3ccc(Cl)cc3)n(C[C@H](O)C(F)(F)F)c2=O)nn1-c1cccc(F)c1. The number of nitrogens with zero attached hydrogens (tertiary/aromatic N) is 6. The maximum atomic E-state index is 13.9. The van der Waals surface area contributed by atoms with E-state index in [4.69, 9.17) is 16.3 Å². The van der Waals surface area contributed by atoms with Crippen LogP contribution in [0.3, 0.4) is 0 Å². The van der Waals surface area contributed by atoms with Crippen LogP contribution in [-0.2, 0) is 17.8 Å². The zero-order valence-corrected chi connectivity index (χ0v) is 20.6. The molecule has 0 amide bonds. The molecule has 4 rings (SSSR count). The Morgan fingerprint density at radius 1 is 1.16 bits per heavy atom. The molecule has 10 nitrogen and oxygen atoms in total. The lowest BCUT2D eigenvalue weighted by molar-refractivity contribution is -0.207. The Balaban J connectivity index is 1.73. The summed E-state index contributed by atoms with van der Waals surface area (Å²) in [4.78, 5) is 17.5. The average molecular weight is 556 g/mol. The molecule has 2 heterocycles. The lowest BCUT2D eigenvalue weighted by Gasteiger charge is -2.15. The summed E-state index contributed by atoms with van der Waals surface area (Å²) in [5.41, 5.74) is -0.272. The van der Waals surface area contributed by atoms with Crippen molar-refractivity contribution in [3.8, 4) is 17.1 Å². The first-order valence-corrected chi connectivity index (χ1v) is 11.6. The summed E-state index contributed by atoms with van der Waals surface area (Å²) in [6, 6.07) is 11.5. The Labute approximate surface area is 218 Å². The van der Waals surface area contributed by atoms with Crippen LogP contribution in [0.2, 0.25) is 5.02 Å². The molecule has 202 valence electrons. The van der Waals surface area contributed by atoms with Gasteiger partial charge in [-0.2, -0.15) is 22.8 Å². The fourth-order valence-electron chi connectivity index (χ4n) is 3.52. The molecule has 38 heavy (non-hydrogen) atoms. The van der Waals surface area contributed by atoms with Gasteiger partial charge in [-0.1, -0.05) is 17.7 Å². The van der Waals surface area contributed by atoms with Crippen molar-refractivity contribution in [1.29, 1.82) is 0 Å². The van der Waals surface area contributed by atoms with Crippen molar-refractivity contribution in [2.24, 2.45) is 0 Å². The molecule has 0 saturated carbocycles. The van der Waals surface area contributed by atoms with Crippen LogP contribution in [0.15, 0.2) is 53.3 Å². The number of hydrogen-bond acceptors (Lipinski definition) is 7. The number of methoxy groups -OCH3 is 1. The van der Waals surface area contributed by atoms with Crippen molar-refractivity contribution in [2.45, 2.75) is 25.4 Å². The molecule has 2 N–H and O–H groups in total. The Hall–Kier alpha value is -3.75. The Kier molecular flexibility index (Phi) is 8.14. The van der Waals surface area contributed by atoms with E-state index in [1.54, 1.807) is 6.07 Å². The van der Waals surface area contributed by atoms with Crippen LogP contribution in [0.25, 0.3) is 17.1 Å². The number of benzene rings is 2. The van der Waals surface area contributed by atoms with E-state index in [1.807, 2.05) is 0 Å². The highest BCUT2D eigenvalue weighted by Crippen LogP contribution is 2.24. The van der Waals surface area contributed by atoms with E-state index in [2.05, 4.69) is 20.5 Å². The minimum absolute atomic E-state index is 0.0694. The van der Waals surface area contributed by atoms with Gasteiger partial charge in [-0.15, -0.1) is 10.2 Å². The number of rotatable bonds is 10. The normalized spacial score (nSPS) is 12.6. The summed E-state index contributed by atoms with van der Waals surface area (Å²) in [5.74, 6) is -0.327. The topological polar surface area (TPSA) is 112 Å². The molecular formula is C23H22ClF4N7O3. The van der Waals surface area contributed by atoms with Crippen LogP contribution in [-0.4, -0.2) is 66.8 Å². The van der Waals surface area contributed by atoms with E-state index < -0.39 is 30.3 Å². The highest BCUT2D eigenvalue weighted by Gasteiger charge is 2.39. The summed E-state index contributed by atoms with van der Waals surface area (Å²) < 4.78 is 61.1. The fourth-order valence-corrected chi connectivity index (χ4v) is 3.65. The molecule has 0 saturated heterocycles. The second-order valence-corrected chi connectivity index (χ2v) is 8.54. The molecule has 0 unspecified atom stereocenters. The Bertz CT molecular complexity index is 1450. The standard InChI is InChI=1S/C23H22ClF4N7O3/c1-38-10-9-29-21-30-19(31-35(21)17-4-2-3-16(25)11-17)13-34-22(37)33(12-18(36)23(26,27)28)20(32-34)14-5-7-15(24)8-6-14/h2-8,11,18,36H,9-10,12-13H2,1H3,(H,29,30,31)/t18-/m0/s1.